The van der Waals surface area contributed by atoms with E-state index in [9.17, 15) is 13.2 Å². The molecule has 2 N–H and O–H groups in total. The van der Waals surface area contributed by atoms with Crippen molar-refractivity contribution in [3.63, 3.8) is 0 Å². The van der Waals surface area contributed by atoms with Crippen LogP contribution in [0.5, 0.6) is 11.5 Å². The molecule has 2 aromatic rings. The van der Waals surface area contributed by atoms with Gasteiger partial charge in [0.05, 0.1) is 31.3 Å². The Morgan fingerprint density at radius 3 is 2.67 bits per heavy atom. The summed E-state index contributed by atoms with van der Waals surface area (Å²) in [5.74, 6) is 1.08. The summed E-state index contributed by atoms with van der Waals surface area (Å²) in [6, 6.07) is 11.6. The van der Waals surface area contributed by atoms with Crippen molar-refractivity contribution in [2.45, 2.75) is 11.3 Å². The first-order chi connectivity index (χ1) is 12.9. The Morgan fingerprint density at radius 2 is 1.93 bits per heavy atom. The van der Waals surface area contributed by atoms with Crippen LogP contribution >= 0.6 is 0 Å². The Kier molecular flexibility index (Phi) is 5.31. The van der Waals surface area contributed by atoms with E-state index in [4.69, 9.17) is 9.47 Å². The lowest BCUT2D eigenvalue weighted by molar-refractivity contribution is -0.116. The molecule has 0 unspecified atom stereocenters. The normalized spacial score (nSPS) is 15.7. The molecule has 3 rings (SSSR count). The molecule has 27 heavy (non-hydrogen) atoms. The van der Waals surface area contributed by atoms with Crippen LogP contribution in [-0.2, 0) is 14.8 Å². The van der Waals surface area contributed by atoms with E-state index in [1.54, 1.807) is 43.5 Å². The fraction of sp³-hybridized carbons (Fsp3) is 0.222. The van der Waals surface area contributed by atoms with Crippen LogP contribution in [0.2, 0.25) is 0 Å². The molecule has 8 nitrogen and oxygen atoms in total. The van der Waals surface area contributed by atoms with Gasteiger partial charge in [-0.15, -0.1) is 0 Å². The number of amides is 1. The zero-order valence-corrected chi connectivity index (χ0v) is 15.7. The Bertz CT molecular complexity index is 1000. The van der Waals surface area contributed by atoms with Crippen molar-refractivity contribution in [2.75, 3.05) is 26.1 Å². The number of nitrogens with one attached hydrogen (secondary N) is 2. The van der Waals surface area contributed by atoms with Crippen molar-refractivity contribution in [3.05, 3.63) is 48.0 Å². The summed E-state index contributed by atoms with van der Waals surface area (Å²) in [5.41, 5.74) is 1.03. The average molecular weight is 389 g/mol. The van der Waals surface area contributed by atoms with Gasteiger partial charge in [-0.3, -0.25) is 14.5 Å². The number of carbonyl (C=O) groups is 1. The van der Waals surface area contributed by atoms with Crippen molar-refractivity contribution >= 4 is 27.5 Å². The van der Waals surface area contributed by atoms with Gasteiger partial charge in [-0.2, -0.15) is 0 Å². The van der Waals surface area contributed by atoms with Gasteiger partial charge in [-0.25, -0.2) is 8.42 Å². The van der Waals surface area contributed by atoms with Crippen LogP contribution in [0, 0.1) is 0 Å². The van der Waals surface area contributed by atoms with E-state index in [1.807, 2.05) is 0 Å². The first-order valence-corrected chi connectivity index (χ1v) is 9.61. The topological polar surface area (TPSA) is 106 Å². The number of amidine groups is 1. The third-order valence-corrected chi connectivity index (χ3v) is 5.35. The van der Waals surface area contributed by atoms with E-state index in [1.165, 1.54) is 13.2 Å². The highest BCUT2D eigenvalue weighted by atomic mass is 32.2. The van der Waals surface area contributed by atoms with Crippen molar-refractivity contribution in [2.24, 2.45) is 4.99 Å². The minimum atomic E-state index is -3.58. The number of fused-ring (bicyclic) bond motifs is 1. The van der Waals surface area contributed by atoms with Crippen LogP contribution in [-0.4, -0.2) is 40.9 Å². The van der Waals surface area contributed by atoms with Gasteiger partial charge in [0, 0.05) is 18.1 Å². The van der Waals surface area contributed by atoms with E-state index in [0.717, 1.165) is 0 Å². The number of ether oxygens (including phenoxy) is 2. The summed E-state index contributed by atoms with van der Waals surface area (Å²) in [7, 11) is -0.536. The van der Waals surface area contributed by atoms with Gasteiger partial charge in [-0.1, -0.05) is 12.1 Å². The van der Waals surface area contributed by atoms with Crippen molar-refractivity contribution in [3.8, 4) is 11.5 Å². The zero-order chi connectivity index (χ0) is 19.4. The summed E-state index contributed by atoms with van der Waals surface area (Å²) < 4.78 is 36.8. The highest BCUT2D eigenvalue weighted by Gasteiger charge is 2.29. The zero-order valence-electron chi connectivity index (χ0n) is 14.9. The number of anilines is 1. The fourth-order valence-electron chi connectivity index (χ4n) is 2.64. The Morgan fingerprint density at radius 1 is 1.15 bits per heavy atom. The molecular formula is C18H19N3O5S. The van der Waals surface area contributed by atoms with Gasteiger partial charge in [0.2, 0.25) is 5.91 Å². The summed E-state index contributed by atoms with van der Waals surface area (Å²) in [6.07, 6.45) is 0.0859. The molecule has 0 fully saturated rings. The Balaban J connectivity index is 1.65. The van der Waals surface area contributed by atoms with Crippen LogP contribution in [0.15, 0.2) is 52.4 Å². The Labute approximate surface area is 157 Å². The third-order valence-electron chi connectivity index (χ3n) is 3.95. The number of hydrogen-bond donors (Lipinski definition) is 2. The third kappa shape index (κ3) is 4.03. The van der Waals surface area contributed by atoms with Gasteiger partial charge in [0.25, 0.3) is 10.0 Å². The maximum Gasteiger partial charge on any atom is 0.263 e. The number of methoxy groups -OCH3 is 2. The van der Waals surface area contributed by atoms with E-state index in [2.05, 4.69) is 15.0 Å². The molecule has 0 saturated heterocycles. The van der Waals surface area contributed by atoms with Crippen molar-refractivity contribution in [1.29, 1.82) is 0 Å². The van der Waals surface area contributed by atoms with Crippen molar-refractivity contribution in [1.82, 2.24) is 4.72 Å². The van der Waals surface area contributed by atoms with E-state index < -0.39 is 10.0 Å². The van der Waals surface area contributed by atoms with Crippen LogP contribution in [0.25, 0.3) is 0 Å². The fourth-order valence-corrected chi connectivity index (χ4v) is 3.89. The highest BCUT2D eigenvalue weighted by molar-refractivity contribution is 7.90. The lowest BCUT2D eigenvalue weighted by Crippen LogP contribution is -2.23. The quantitative estimate of drug-likeness (QED) is 0.783. The second-order valence-electron chi connectivity index (χ2n) is 5.70. The molecule has 0 bridgehead atoms. The molecule has 1 aliphatic rings. The molecule has 1 heterocycles. The largest absolute Gasteiger partial charge is 0.497 e. The number of aliphatic imine (C=N–C) groups is 1. The van der Waals surface area contributed by atoms with Gasteiger partial charge >= 0.3 is 0 Å². The van der Waals surface area contributed by atoms with Crippen LogP contribution in [0.4, 0.5) is 5.69 Å². The number of rotatable bonds is 6. The smallest absolute Gasteiger partial charge is 0.263 e. The SMILES string of the molecule is COc1ccc(NC(=O)CCN=C2NS(=O)(=O)c3ccccc32)c(OC)c1. The van der Waals surface area contributed by atoms with E-state index in [0.29, 0.717) is 22.7 Å². The average Bonchev–Trinajstić information content (AvgIpc) is 2.93. The monoisotopic (exact) mass is 389 g/mol. The lowest BCUT2D eigenvalue weighted by Gasteiger charge is -2.11. The van der Waals surface area contributed by atoms with Crippen LogP contribution in [0.1, 0.15) is 12.0 Å². The summed E-state index contributed by atoms with van der Waals surface area (Å²) >= 11 is 0. The highest BCUT2D eigenvalue weighted by Crippen LogP contribution is 2.29. The molecule has 142 valence electrons. The number of nitrogens with zero attached hydrogens (tertiary/aromatic N) is 1. The van der Waals surface area contributed by atoms with E-state index >= 15 is 0 Å². The Hall–Kier alpha value is -3.07. The lowest BCUT2D eigenvalue weighted by atomic mass is 10.2. The molecule has 0 saturated carbocycles. The molecule has 0 spiro atoms. The number of benzene rings is 2. The summed E-state index contributed by atoms with van der Waals surface area (Å²) in [5, 5.41) is 2.75. The molecule has 0 aromatic heterocycles. The summed E-state index contributed by atoms with van der Waals surface area (Å²) in [4.78, 5) is 16.6. The van der Waals surface area contributed by atoms with Crippen LogP contribution < -0.4 is 19.5 Å². The first kappa shape index (κ1) is 18.7. The van der Waals surface area contributed by atoms with Gasteiger partial charge in [0.1, 0.15) is 17.3 Å². The van der Waals surface area contributed by atoms with E-state index in [-0.39, 0.29) is 29.6 Å². The van der Waals surface area contributed by atoms with Crippen molar-refractivity contribution < 1.29 is 22.7 Å². The molecule has 0 atom stereocenters. The molecule has 1 aliphatic heterocycles. The molecule has 0 radical (unpaired) electrons. The first-order valence-electron chi connectivity index (χ1n) is 8.13. The number of sulfonamides is 1. The molecular weight excluding hydrogens is 370 g/mol. The predicted octanol–water partition coefficient (Wildman–Crippen LogP) is 1.77. The second-order valence-corrected chi connectivity index (χ2v) is 7.35. The molecule has 1 amide bonds. The maximum atomic E-state index is 12.2. The summed E-state index contributed by atoms with van der Waals surface area (Å²) in [6.45, 7) is 0.135. The predicted molar refractivity (Wildman–Crippen MR) is 101 cm³/mol. The molecule has 9 heteroatoms. The maximum absolute atomic E-state index is 12.2. The number of hydrogen-bond acceptors (Lipinski definition) is 6. The van der Waals surface area contributed by atoms with Gasteiger partial charge in [-0.05, 0) is 24.3 Å². The molecule has 2 aromatic carbocycles. The van der Waals surface area contributed by atoms with Crippen LogP contribution in [0.3, 0.4) is 0 Å². The van der Waals surface area contributed by atoms with Gasteiger partial charge < -0.3 is 14.8 Å². The minimum Gasteiger partial charge on any atom is -0.497 e. The van der Waals surface area contributed by atoms with Gasteiger partial charge in [0.15, 0.2) is 0 Å². The second kappa shape index (κ2) is 7.67. The standard InChI is InChI=1S/C18H19N3O5S/c1-25-12-7-8-14(15(11-12)26-2)20-17(22)9-10-19-18-13-5-3-4-6-16(13)27(23,24)21-18/h3-8,11H,9-10H2,1-2H3,(H,19,21)(H,20,22). The minimum absolute atomic E-state index is 0.0859. The number of carbonyl (C=O) groups excluding carboxylic acids is 1. The molecule has 0 aliphatic carbocycles.